The average molecular weight is 291 g/mol. The first-order valence-electron chi connectivity index (χ1n) is 7.70. The summed E-state index contributed by atoms with van der Waals surface area (Å²) >= 11 is 1.82. The number of thioether (sulfide) groups is 1. The van der Waals surface area contributed by atoms with Crippen molar-refractivity contribution >= 4 is 17.7 Å². The quantitative estimate of drug-likeness (QED) is 0.782. The number of hydrogen-bond donors (Lipinski definition) is 1. The van der Waals surface area contributed by atoms with Crippen LogP contribution in [0.5, 0.6) is 0 Å². The third-order valence-corrected chi connectivity index (χ3v) is 4.82. The highest BCUT2D eigenvalue weighted by Crippen LogP contribution is 2.27. The van der Waals surface area contributed by atoms with E-state index in [1.807, 2.05) is 36.0 Å². The Morgan fingerprint density at radius 2 is 1.90 bits per heavy atom. The van der Waals surface area contributed by atoms with Crippen LogP contribution in [0.4, 0.5) is 0 Å². The van der Waals surface area contributed by atoms with Crippen LogP contribution < -0.4 is 5.32 Å². The van der Waals surface area contributed by atoms with Gasteiger partial charge in [-0.25, -0.2) is 0 Å². The van der Waals surface area contributed by atoms with Gasteiger partial charge in [-0.05, 0) is 36.6 Å². The predicted octanol–water partition coefficient (Wildman–Crippen LogP) is 4.50. The maximum absolute atomic E-state index is 12.0. The molecule has 1 aliphatic rings. The zero-order chi connectivity index (χ0) is 14.4. The monoisotopic (exact) mass is 291 g/mol. The average Bonchev–Trinajstić information content (AvgIpc) is 2.92. The summed E-state index contributed by atoms with van der Waals surface area (Å²) in [6.45, 7) is 5.16. The number of amides is 1. The fraction of sp³-hybridized carbons (Fsp3) is 0.588. The Morgan fingerprint density at radius 1 is 1.25 bits per heavy atom. The standard InChI is InChI=1S/C17H25NOS/c1-13(2)20-16-9-7-15(8-10-16)17(19)18-12-11-14-5-3-4-6-14/h7-10,13-14H,3-6,11-12H2,1-2H3,(H,18,19). The van der Waals surface area contributed by atoms with Crippen molar-refractivity contribution in [1.82, 2.24) is 5.32 Å². The van der Waals surface area contributed by atoms with Gasteiger partial charge in [-0.15, -0.1) is 11.8 Å². The predicted molar refractivity (Wildman–Crippen MR) is 86.3 cm³/mol. The van der Waals surface area contributed by atoms with Crippen molar-refractivity contribution in [2.45, 2.75) is 56.1 Å². The minimum absolute atomic E-state index is 0.0593. The van der Waals surface area contributed by atoms with Crippen LogP contribution in [-0.4, -0.2) is 17.7 Å². The second kappa shape index (κ2) is 7.72. The molecule has 0 radical (unpaired) electrons. The number of carbonyl (C=O) groups excluding carboxylic acids is 1. The van der Waals surface area contributed by atoms with E-state index in [2.05, 4.69) is 19.2 Å². The van der Waals surface area contributed by atoms with Crippen LogP contribution in [0.3, 0.4) is 0 Å². The molecule has 0 heterocycles. The van der Waals surface area contributed by atoms with Gasteiger partial charge < -0.3 is 5.32 Å². The summed E-state index contributed by atoms with van der Waals surface area (Å²) in [5.74, 6) is 0.893. The Morgan fingerprint density at radius 3 is 2.50 bits per heavy atom. The van der Waals surface area contributed by atoms with Crippen LogP contribution in [0.1, 0.15) is 56.3 Å². The van der Waals surface area contributed by atoms with Crippen molar-refractivity contribution in [2.75, 3.05) is 6.54 Å². The molecule has 1 aliphatic carbocycles. The van der Waals surface area contributed by atoms with Crippen molar-refractivity contribution in [3.63, 3.8) is 0 Å². The Balaban J connectivity index is 1.76. The summed E-state index contributed by atoms with van der Waals surface area (Å²) < 4.78 is 0. The molecule has 1 saturated carbocycles. The number of nitrogens with one attached hydrogen (secondary N) is 1. The van der Waals surface area contributed by atoms with Crippen LogP contribution >= 0.6 is 11.8 Å². The van der Waals surface area contributed by atoms with Gasteiger partial charge >= 0.3 is 0 Å². The topological polar surface area (TPSA) is 29.1 Å². The molecule has 0 atom stereocenters. The van der Waals surface area contributed by atoms with Crippen LogP contribution in [0.2, 0.25) is 0 Å². The van der Waals surface area contributed by atoms with E-state index in [-0.39, 0.29) is 5.91 Å². The maximum atomic E-state index is 12.0. The van der Waals surface area contributed by atoms with Crippen molar-refractivity contribution in [3.8, 4) is 0 Å². The van der Waals surface area contributed by atoms with E-state index in [9.17, 15) is 4.79 Å². The maximum Gasteiger partial charge on any atom is 0.251 e. The SMILES string of the molecule is CC(C)Sc1ccc(C(=O)NCCC2CCCC2)cc1. The number of benzene rings is 1. The van der Waals surface area contributed by atoms with Crippen LogP contribution in [-0.2, 0) is 0 Å². The van der Waals surface area contributed by atoms with Gasteiger partial charge in [0.1, 0.15) is 0 Å². The normalized spacial score (nSPS) is 15.8. The lowest BCUT2D eigenvalue weighted by molar-refractivity contribution is 0.0951. The summed E-state index contributed by atoms with van der Waals surface area (Å²) in [6.07, 6.45) is 6.56. The lowest BCUT2D eigenvalue weighted by atomic mass is 10.0. The summed E-state index contributed by atoms with van der Waals surface area (Å²) in [7, 11) is 0. The summed E-state index contributed by atoms with van der Waals surface area (Å²) in [4.78, 5) is 13.3. The van der Waals surface area contributed by atoms with Gasteiger partial charge in [-0.1, -0.05) is 39.5 Å². The molecule has 0 aliphatic heterocycles. The Labute approximate surface area is 126 Å². The Kier molecular flexibility index (Phi) is 5.96. The molecule has 2 rings (SSSR count). The lowest BCUT2D eigenvalue weighted by Crippen LogP contribution is -2.25. The molecule has 0 bridgehead atoms. The molecule has 0 saturated heterocycles. The highest BCUT2D eigenvalue weighted by molar-refractivity contribution is 7.99. The van der Waals surface area contributed by atoms with Gasteiger partial charge in [0, 0.05) is 22.3 Å². The van der Waals surface area contributed by atoms with Crippen molar-refractivity contribution in [1.29, 1.82) is 0 Å². The van der Waals surface area contributed by atoms with E-state index >= 15 is 0 Å². The van der Waals surface area contributed by atoms with E-state index in [4.69, 9.17) is 0 Å². The highest BCUT2D eigenvalue weighted by Gasteiger charge is 2.15. The van der Waals surface area contributed by atoms with E-state index in [1.165, 1.54) is 30.6 Å². The molecular formula is C17H25NOS. The molecular weight excluding hydrogens is 266 g/mol. The molecule has 110 valence electrons. The summed E-state index contributed by atoms with van der Waals surface area (Å²) in [6, 6.07) is 7.93. The van der Waals surface area contributed by atoms with Gasteiger partial charge in [0.05, 0.1) is 0 Å². The highest BCUT2D eigenvalue weighted by atomic mass is 32.2. The Bertz CT molecular complexity index is 421. The first kappa shape index (κ1) is 15.4. The van der Waals surface area contributed by atoms with Gasteiger partial charge in [0.2, 0.25) is 0 Å². The third-order valence-electron chi connectivity index (χ3n) is 3.80. The van der Waals surface area contributed by atoms with E-state index in [0.29, 0.717) is 5.25 Å². The summed E-state index contributed by atoms with van der Waals surface area (Å²) in [5.41, 5.74) is 0.768. The fourth-order valence-corrected chi connectivity index (χ4v) is 3.59. The molecule has 1 N–H and O–H groups in total. The molecule has 1 amide bonds. The molecule has 1 fully saturated rings. The second-order valence-corrected chi connectivity index (χ2v) is 7.54. The molecule has 1 aromatic carbocycles. The minimum Gasteiger partial charge on any atom is -0.352 e. The number of rotatable bonds is 6. The van der Waals surface area contributed by atoms with Crippen LogP contribution in [0.25, 0.3) is 0 Å². The molecule has 3 heteroatoms. The minimum atomic E-state index is 0.0593. The third kappa shape index (κ3) is 4.86. The van der Waals surface area contributed by atoms with Crippen LogP contribution in [0.15, 0.2) is 29.2 Å². The summed E-state index contributed by atoms with van der Waals surface area (Å²) in [5, 5.41) is 3.61. The zero-order valence-electron chi connectivity index (χ0n) is 12.5. The molecule has 0 aromatic heterocycles. The lowest BCUT2D eigenvalue weighted by Gasteiger charge is -2.10. The first-order chi connectivity index (χ1) is 9.65. The molecule has 0 unspecified atom stereocenters. The fourth-order valence-electron chi connectivity index (χ4n) is 2.75. The van der Waals surface area contributed by atoms with Crippen molar-refractivity contribution in [3.05, 3.63) is 29.8 Å². The molecule has 0 spiro atoms. The number of carbonyl (C=O) groups is 1. The van der Waals surface area contributed by atoms with E-state index < -0.39 is 0 Å². The first-order valence-corrected chi connectivity index (χ1v) is 8.58. The Hall–Kier alpha value is -0.960. The van der Waals surface area contributed by atoms with Gasteiger partial charge in [0.15, 0.2) is 0 Å². The largest absolute Gasteiger partial charge is 0.352 e. The molecule has 1 aromatic rings. The smallest absolute Gasteiger partial charge is 0.251 e. The van der Waals surface area contributed by atoms with Gasteiger partial charge in [0.25, 0.3) is 5.91 Å². The second-order valence-electron chi connectivity index (χ2n) is 5.89. The van der Waals surface area contributed by atoms with Gasteiger partial charge in [-0.2, -0.15) is 0 Å². The van der Waals surface area contributed by atoms with Crippen molar-refractivity contribution in [2.24, 2.45) is 5.92 Å². The van der Waals surface area contributed by atoms with Gasteiger partial charge in [-0.3, -0.25) is 4.79 Å². The zero-order valence-corrected chi connectivity index (χ0v) is 13.3. The number of hydrogen-bond acceptors (Lipinski definition) is 2. The van der Waals surface area contributed by atoms with E-state index in [1.54, 1.807) is 0 Å². The van der Waals surface area contributed by atoms with Crippen molar-refractivity contribution < 1.29 is 4.79 Å². The molecule has 20 heavy (non-hydrogen) atoms. The van der Waals surface area contributed by atoms with E-state index in [0.717, 1.165) is 24.4 Å². The molecule has 2 nitrogen and oxygen atoms in total. The van der Waals surface area contributed by atoms with Crippen LogP contribution in [0, 0.1) is 5.92 Å².